The van der Waals surface area contributed by atoms with Gasteiger partial charge >= 0.3 is 5.97 Å². The van der Waals surface area contributed by atoms with Crippen molar-refractivity contribution in [3.05, 3.63) is 124 Å². The molecule has 0 fully saturated rings. The fourth-order valence-electron chi connectivity index (χ4n) is 4.53. The first kappa shape index (κ1) is 29.0. The van der Waals surface area contributed by atoms with Gasteiger partial charge in [-0.1, -0.05) is 53.5 Å². The summed E-state index contributed by atoms with van der Waals surface area (Å²) in [4.78, 5) is 15.9. The number of nitrogens with zero attached hydrogens (tertiary/aromatic N) is 2. The van der Waals surface area contributed by atoms with Crippen LogP contribution in [0.4, 0.5) is 0 Å². The van der Waals surface area contributed by atoms with Gasteiger partial charge in [0.2, 0.25) is 0 Å². The third-order valence-electron chi connectivity index (χ3n) is 6.77. The summed E-state index contributed by atoms with van der Waals surface area (Å²) < 4.78 is 13.7. The summed E-state index contributed by atoms with van der Waals surface area (Å²) in [5, 5.41) is 10.2. The molecule has 0 aliphatic rings. The molecule has 1 aromatic heterocycles. The number of ether oxygens (including phenoxy) is 2. The van der Waals surface area contributed by atoms with Crippen LogP contribution in [-0.4, -0.2) is 27.7 Å². The number of benzene rings is 4. The maximum atomic E-state index is 11.1. The van der Waals surface area contributed by atoms with Gasteiger partial charge in [-0.25, -0.2) is 9.78 Å². The first-order chi connectivity index (χ1) is 20.3. The van der Waals surface area contributed by atoms with E-state index in [1.165, 1.54) is 0 Å². The number of imidazole rings is 1. The number of rotatable bonds is 10. The van der Waals surface area contributed by atoms with Crippen molar-refractivity contribution in [1.82, 2.24) is 9.55 Å². The van der Waals surface area contributed by atoms with E-state index >= 15 is 0 Å². The highest BCUT2D eigenvalue weighted by Gasteiger charge is 2.12. The standard InChI is InChI=1S/C34H28Cl2N2O4/c1-3-38-20-31(29-14-13-27(35)19-30(29)36)37-33(38)16-12-26-17-25(11-15-32(26)41-2)24-5-4-6-28(18-24)42-21-22-7-9-23(10-8-22)34(39)40/h4-20H,3,21H2,1-2H3,(H,39,40). The number of methoxy groups -OCH3 is 1. The Kier molecular flexibility index (Phi) is 8.96. The van der Waals surface area contributed by atoms with Crippen molar-refractivity contribution in [3.8, 4) is 33.9 Å². The van der Waals surface area contributed by atoms with Crippen molar-refractivity contribution in [2.75, 3.05) is 7.11 Å². The Balaban J connectivity index is 1.37. The maximum absolute atomic E-state index is 11.1. The second kappa shape index (κ2) is 13.0. The summed E-state index contributed by atoms with van der Waals surface area (Å²) in [6.07, 6.45) is 5.94. The molecule has 5 aromatic rings. The number of aromatic nitrogens is 2. The van der Waals surface area contributed by atoms with Crippen LogP contribution in [0.15, 0.2) is 91.1 Å². The molecule has 5 rings (SSSR count). The van der Waals surface area contributed by atoms with Gasteiger partial charge in [0.15, 0.2) is 0 Å². The molecule has 0 aliphatic carbocycles. The summed E-state index contributed by atoms with van der Waals surface area (Å²) in [6, 6.07) is 25.9. The Morgan fingerprint density at radius 3 is 2.45 bits per heavy atom. The summed E-state index contributed by atoms with van der Waals surface area (Å²) in [6.45, 7) is 3.13. The molecular weight excluding hydrogens is 571 g/mol. The van der Waals surface area contributed by atoms with Gasteiger partial charge in [0, 0.05) is 28.9 Å². The van der Waals surface area contributed by atoms with Crippen LogP contribution < -0.4 is 9.47 Å². The van der Waals surface area contributed by atoms with Crippen molar-refractivity contribution >= 4 is 41.3 Å². The van der Waals surface area contributed by atoms with Crippen molar-refractivity contribution in [2.45, 2.75) is 20.1 Å². The fourth-order valence-corrected chi connectivity index (χ4v) is 5.03. The van der Waals surface area contributed by atoms with Crippen LogP contribution in [0.25, 0.3) is 34.5 Å². The SMILES string of the molecule is CCn1cc(-c2ccc(Cl)cc2Cl)nc1C=Cc1cc(-c2cccc(OCc3ccc(C(=O)O)cc3)c2)ccc1OC. The molecule has 1 N–H and O–H groups in total. The molecule has 212 valence electrons. The van der Waals surface area contributed by atoms with Crippen molar-refractivity contribution in [2.24, 2.45) is 0 Å². The molecule has 0 radical (unpaired) electrons. The molecule has 6 nitrogen and oxygen atoms in total. The number of aryl methyl sites for hydroxylation is 1. The van der Waals surface area contributed by atoms with Crippen molar-refractivity contribution < 1.29 is 19.4 Å². The monoisotopic (exact) mass is 598 g/mol. The van der Waals surface area contributed by atoms with Crippen LogP contribution in [0, 0.1) is 0 Å². The molecule has 0 saturated heterocycles. The fraction of sp³-hybridized carbons (Fsp3) is 0.118. The van der Waals surface area contributed by atoms with Crippen molar-refractivity contribution in [1.29, 1.82) is 0 Å². The first-order valence-corrected chi connectivity index (χ1v) is 14.0. The Morgan fingerprint density at radius 1 is 0.952 bits per heavy atom. The van der Waals surface area contributed by atoms with E-state index in [9.17, 15) is 4.79 Å². The van der Waals surface area contributed by atoms with Gasteiger partial charge in [0.25, 0.3) is 0 Å². The van der Waals surface area contributed by atoms with E-state index in [4.69, 9.17) is 42.8 Å². The van der Waals surface area contributed by atoms with Gasteiger partial charge in [-0.15, -0.1) is 0 Å². The van der Waals surface area contributed by atoms with E-state index in [0.717, 1.165) is 51.6 Å². The molecule has 0 unspecified atom stereocenters. The van der Waals surface area contributed by atoms with E-state index in [-0.39, 0.29) is 5.56 Å². The van der Waals surface area contributed by atoms with Crippen LogP contribution in [0.3, 0.4) is 0 Å². The average Bonchev–Trinajstić information content (AvgIpc) is 3.42. The lowest BCUT2D eigenvalue weighted by atomic mass is 10.0. The van der Waals surface area contributed by atoms with Gasteiger partial charge in [0.1, 0.15) is 23.9 Å². The van der Waals surface area contributed by atoms with Gasteiger partial charge in [0.05, 0.1) is 23.4 Å². The zero-order valence-corrected chi connectivity index (χ0v) is 24.6. The number of carbonyl (C=O) groups is 1. The zero-order chi connectivity index (χ0) is 29.6. The molecule has 8 heteroatoms. The molecule has 0 aliphatic heterocycles. The number of carboxylic acids is 1. The average molecular weight is 600 g/mol. The van der Waals surface area contributed by atoms with Crippen LogP contribution in [0.1, 0.15) is 34.2 Å². The largest absolute Gasteiger partial charge is 0.496 e. The smallest absolute Gasteiger partial charge is 0.335 e. The summed E-state index contributed by atoms with van der Waals surface area (Å²) in [5.74, 6) is 1.29. The lowest BCUT2D eigenvalue weighted by Crippen LogP contribution is -1.99. The van der Waals surface area contributed by atoms with Crippen LogP contribution in [-0.2, 0) is 13.2 Å². The van der Waals surface area contributed by atoms with E-state index in [0.29, 0.717) is 22.4 Å². The molecule has 0 atom stereocenters. The maximum Gasteiger partial charge on any atom is 0.335 e. The molecule has 0 amide bonds. The summed E-state index contributed by atoms with van der Waals surface area (Å²) >= 11 is 12.5. The number of hydrogen-bond acceptors (Lipinski definition) is 4. The number of hydrogen-bond donors (Lipinski definition) is 1. The Bertz CT molecular complexity index is 1760. The topological polar surface area (TPSA) is 73.6 Å². The molecule has 0 spiro atoms. The van der Waals surface area contributed by atoms with Crippen LogP contribution in [0.5, 0.6) is 11.5 Å². The second-order valence-corrected chi connectivity index (χ2v) is 10.3. The predicted octanol–water partition coefficient (Wildman–Crippen LogP) is 9.00. The van der Waals surface area contributed by atoms with Gasteiger partial charge in [-0.3, -0.25) is 0 Å². The van der Waals surface area contributed by atoms with E-state index in [1.807, 2.05) is 60.8 Å². The minimum absolute atomic E-state index is 0.246. The summed E-state index contributed by atoms with van der Waals surface area (Å²) in [7, 11) is 1.65. The molecule has 0 bridgehead atoms. The number of aromatic carboxylic acids is 1. The third-order valence-corrected chi connectivity index (χ3v) is 7.32. The molecule has 4 aromatic carbocycles. The Hall–Kier alpha value is -4.52. The minimum Gasteiger partial charge on any atom is -0.496 e. The summed E-state index contributed by atoms with van der Waals surface area (Å²) in [5.41, 5.74) is 5.61. The lowest BCUT2D eigenvalue weighted by molar-refractivity contribution is 0.0697. The van der Waals surface area contributed by atoms with Gasteiger partial charge in [-0.05, 0) is 90.4 Å². The predicted molar refractivity (Wildman–Crippen MR) is 168 cm³/mol. The lowest BCUT2D eigenvalue weighted by Gasteiger charge is -2.11. The highest BCUT2D eigenvalue weighted by molar-refractivity contribution is 6.36. The minimum atomic E-state index is -0.952. The van der Waals surface area contributed by atoms with Crippen LogP contribution >= 0.6 is 23.2 Å². The third kappa shape index (κ3) is 6.68. The molecule has 0 saturated carbocycles. The highest BCUT2D eigenvalue weighted by Crippen LogP contribution is 2.32. The number of halogens is 2. The van der Waals surface area contributed by atoms with E-state index in [2.05, 4.69) is 17.6 Å². The van der Waals surface area contributed by atoms with Gasteiger partial charge in [-0.2, -0.15) is 0 Å². The Morgan fingerprint density at radius 2 is 1.74 bits per heavy atom. The van der Waals surface area contributed by atoms with E-state index < -0.39 is 5.97 Å². The van der Waals surface area contributed by atoms with Crippen molar-refractivity contribution in [3.63, 3.8) is 0 Å². The van der Waals surface area contributed by atoms with E-state index in [1.54, 1.807) is 43.5 Å². The second-order valence-electron chi connectivity index (χ2n) is 9.50. The highest BCUT2D eigenvalue weighted by atomic mass is 35.5. The quantitative estimate of drug-likeness (QED) is 0.173. The number of carboxylic acid groups (broad SMARTS) is 1. The zero-order valence-electron chi connectivity index (χ0n) is 23.1. The Labute approximate surface area is 254 Å². The van der Waals surface area contributed by atoms with Crippen LogP contribution in [0.2, 0.25) is 10.0 Å². The molecule has 42 heavy (non-hydrogen) atoms. The van der Waals surface area contributed by atoms with Gasteiger partial charge < -0.3 is 19.1 Å². The normalized spacial score (nSPS) is 11.1. The molecule has 1 heterocycles. The molecular formula is C34H28Cl2N2O4. The first-order valence-electron chi connectivity index (χ1n) is 13.3.